The predicted molar refractivity (Wildman–Crippen MR) is 123 cm³/mol. The van der Waals surface area contributed by atoms with Crippen LogP contribution >= 0.6 is 0 Å². The van der Waals surface area contributed by atoms with Crippen LogP contribution in [0.15, 0.2) is 48.5 Å². The number of hydrogen-bond acceptors (Lipinski definition) is 7. The first-order chi connectivity index (χ1) is 17.4. The molecule has 1 fully saturated rings. The van der Waals surface area contributed by atoms with E-state index in [9.17, 15) is 18.8 Å². The summed E-state index contributed by atoms with van der Waals surface area (Å²) in [5.41, 5.74) is 0.240. The number of nitrogens with zero attached hydrogens (tertiary/aromatic N) is 3. The van der Waals surface area contributed by atoms with Gasteiger partial charge in [0.05, 0.1) is 18.2 Å². The zero-order valence-electron chi connectivity index (χ0n) is 19.3. The fourth-order valence-electron chi connectivity index (χ4n) is 3.94. The minimum Gasteiger partial charge on any atom is -0.485 e. The number of ether oxygens (including phenoxy) is 3. The topological polar surface area (TPSA) is 84.7 Å². The summed E-state index contributed by atoms with van der Waals surface area (Å²) in [5.74, 6) is -5.93. The van der Waals surface area contributed by atoms with Crippen molar-refractivity contribution in [2.24, 2.45) is 0 Å². The average Bonchev–Trinajstić information content (AvgIpc) is 3.37. The maximum atomic E-state index is 15.5. The Bertz CT molecular complexity index is 1300. The van der Waals surface area contributed by atoms with Crippen LogP contribution in [-0.2, 0) is 16.1 Å². The molecule has 0 N–H and O–H groups in total. The lowest BCUT2D eigenvalue weighted by Crippen LogP contribution is -2.38. The molecule has 7 nitrogen and oxygen atoms in total. The lowest BCUT2D eigenvalue weighted by molar-refractivity contribution is -0.144. The van der Waals surface area contributed by atoms with E-state index in [1.807, 2.05) is 36.4 Å². The molecule has 1 unspecified atom stereocenters. The van der Waals surface area contributed by atoms with Crippen molar-refractivity contribution in [2.45, 2.75) is 32.4 Å². The highest BCUT2D eigenvalue weighted by molar-refractivity contribution is 5.81. The molecule has 10 heteroatoms. The summed E-state index contributed by atoms with van der Waals surface area (Å²) in [6, 6.07) is 14.3. The third-order valence-corrected chi connectivity index (χ3v) is 5.60. The summed E-state index contributed by atoms with van der Waals surface area (Å²) < 4.78 is 61.1. The van der Waals surface area contributed by atoms with Gasteiger partial charge >= 0.3 is 5.97 Å². The Morgan fingerprint density at radius 1 is 1.14 bits per heavy atom. The Kier molecular flexibility index (Phi) is 7.59. The molecule has 1 aromatic heterocycles. The van der Waals surface area contributed by atoms with Gasteiger partial charge in [-0.1, -0.05) is 30.3 Å². The number of esters is 1. The molecule has 2 heterocycles. The molecule has 2 aromatic carbocycles. The van der Waals surface area contributed by atoms with Gasteiger partial charge < -0.3 is 19.1 Å². The second kappa shape index (κ2) is 11.0. The van der Waals surface area contributed by atoms with Crippen molar-refractivity contribution in [2.75, 3.05) is 18.1 Å². The maximum absolute atomic E-state index is 15.5. The number of halogens is 3. The van der Waals surface area contributed by atoms with Crippen molar-refractivity contribution >= 4 is 11.7 Å². The van der Waals surface area contributed by atoms with Gasteiger partial charge in [0.1, 0.15) is 18.3 Å². The first kappa shape index (κ1) is 24.9. The van der Waals surface area contributed by atoms with Crippen molar-refractivity contribution in [1.29, 1.82) is 5.26 Å². The normalized spacial score (nSPS) is 14.9. The van der Waals surface area contributed by atoms with E-state index in [2.05, 4.69) is 4.98 Å². The number of hydrogen-bond donors (Lipinski definition) is 0. The molecule has 36 heavy (non-hydrogen) atoms. The standard InChI is InChI=1S/C26H22F3N3O4/c1-2-34-26(33)18-9-6-12-32(18)23-21(27)24(29)31-25(22(23)28)36-20-13-17(14-30)10-11-19(20)35-15-16-7-4-3-5-8-16/h3-5,7-8,10-11,13,18H,2,6,9,12,15H2,1H3. The summed E-state index contributed by atoms with van der Waals surface area (Å²) >= 11 is 0. The molecule has 0 spiro atoms. The largest absolute Gasteiger partial charge is 0.485 e. The van der Waals surface area contributed by atoms with Crippen LogP contribution in [0.3, 0.4) is 0 Å². The van der Waals surface area contributed by atoms with E-state index in [4.69, 9.17) is 14.2 Å². The molecule has 186 valence electrons. The van der Waals surface area contributed by atoms with Crippen LogP contribution in [0, 0.1) is 28.9 Å². The molecule has 3 aromatic rings. The molecule has 0 saturated carbocycles. The quantitative estimate of drug-likeness (QED) is 0.310. The Morgan fingerprint density at radius 3 is 2.64 bits per heavy atom. The first-order valence-electron chi connectivity index (χ1n) is 11.3. The second-order valence-corrected chi connectivity index (χ2v) is 7.94. The van der Waals surface area contributed by atoms with Gasteiger partial charge in [-0.05, 0) is 37.5 Å². The fourth-order valence-corrected chi connectivity index (χ4v) is 3.94. The summed E-state index contributed by atoms with van der Waals surface area (Å²) in [6.45, 7) is 1.95. The van der Waals surface area contributed by atoms with E-state index in [0.717, 1.165) is 10.5 Å². The van der Waals surface area contributed by atoms with Gasteiger partial charge in [0.2, 0.25) is 11.6 Å². The molecule has 4 rings (SSSR count). The number of pyridine rings is 1. The molecular formula is C26H22F3N3O4. The van der Waals surface area contributed by atoms with Crippen molar-refractivity contribution < 1.29 is 32.2 Å². The van der Waals surface area contributed by atoms with Gasteiger partial charge in [-0.15, -0.1) is 0 Å². The summed E-state index contributed by atoms with van der Waals surface area (Å²) in [5, 5.41) is 9.28. The first-order valence-corrected chi connectivity index (χ1v) is 11.3. The Hall–Kier alpha value is -4.26. The maximum Gasteiger partial charge on any atom is 0.328 e. The van der Waals surface area contributed by atoms with Crippen molar-refractivity contribution in [3.05, 3.63) is 77.2 Å². The molecule has 1 aliphatic heterocycles. The second-order valence-electron chi connectivity index (χ2n) is 7.94. The lowest BCUT2D eigenvalue weighted by Gasteiger charge is -2.26. The van der Waals surface area contributed by atoms with Crippen LogP contribution in [0.2, 0.25) is 0 Å². The smallest absolute Gasteiger partial charge is 0.328 e. The molecular weight excluding hydrogens is 475 g/mol. The van der Waals surface area contributed by atoms with Crippen LogP contribution in [0.4, 0.5) is 18.9 Å². The zero-order valence-corrected chi connectivity index (χ0v) is 19.3. The number of nitriles is 1. The molecule has 1 saturated heterocycles. The van der Waals surface area contributed by atoms with Crippen LogP contribution < -0.4 is 14.4 Å². The van der Waals surface area contributed by atoms with Crippen LogP contribution in [0.5, 0.6) is 17.4 Å². The van der Waals surface area contributed by atoms with Crippen LogP contribution in [0.1, 0.15) is 30.9 Å². The van der Waals surface area contributed by atoms with Gasteiger partial charge in [0.15, 0.2) is 11.5 Å². The molecule has 1 aliphatic rings. The number of anilines is 1. The van der Waals surface area contributed by atoms with Crippen LogP contribution in [0.25, 0.3) is 0 Å². The molecule has 0 aliphatic carbocycles. The predicted octanol–water partition coefficient (Wildman–Crippen LogP) is 5.27. The summed E-state index contributed by atoms with van der Waals surface area (Å²) in [6.07, 6.45) is 0.740. The number of aromatic nitrogens is 1. The number of rotatable bonds is 8. The number of carbonyl (C=O) groups is 1. The SMILES string of the molecule is CCOC(=O)C1CCCN1c1c(F)c(F)nc(Oc2cc(C#N)ccc2OCc2ccccc2)c1F. The van der Waals surface area contributed by atoms with Crippen LogP contribution in [-0.4, -0.2) is 30.1 Å². The third-order valence-electron chi connectivity index (χ3n) is 5.60. The summed E-state index contributed by atoms with van der Waals surface area (Å²) in [4.78, 5) is 16.7. The van der Waals surface area contributed by atoms with Gasteiger partial charge in [0.25, 0.3) is 11.8 Å². The van der Waals surface area contributed by atoms with E-state index in [1.54, 1.807) is 6.92 Å². The zero-order chi connectivity index (χ0) is 25.7. The van der Waals surface area contributed by atoms with Gasteiger partial charge in [-0.2, -0.15) is 23.4 Å². The Balaban J connectivity index is 1.69. The minimum atomic E-state index is -1.60. The Morgan fingerprint density at radius 2 is 1.92 bits per heavy atom. The van der Waals surface area contributed by atoms with E-state index in [1.165, 1.54) is 18.2 Å². The van der Waals surface area contributed by atoms with E-state index in [-0.39, 0.29) is 36.8 Å². The number of carbonyl (C=O) groups excluding carboxylic acids is 1. The average molecular weight is 497 g/mol. The highest BCUT2D eigenvalue weighted by atomic mass is 19.2. The summed E-state index contributed by atoms with van der Waals surface area (Å²) in [7, 11) is 0. The minimum absolute atomic E-state index is 0.0915. The molecule has 1 atom stereocenters. The highest BCUT2D eigenvalue weighted by Gasteiger charge is 2.37. The van der Waals surface area contributed by atoms with Crippen molar-refractivity contribution in [3.63, 3.8) is 0 Å². The van der Waals surface area contributed by atoms with Crippen molar-refractivity contribution in [3.8, 4) is 23.4 Å². The Labute approximate surface area is 205 Å². The molecule has 0 bridgehead atoms. The fraction of sp³-hybridized carbons (Fsp3) is 0.269. The van der Waals surface area contributed by atoms with E-state index < -0.39 is 41.2 Å². The van der Waals surface area contributed by atoms with E-state index >= 15 is 4.39 Å². The monoisotopic (exact) mass is 497 g/mol. The van der Waals surface area contributed by atoms with Gasteiger partial charge in [0, 0.05) is 12.6 Å². The third kappa shape index (κ3) is 5.20. The van der Waals surface area contributed by atoms with Gasteiger partial charge in [-0.3, -0.25) is 0 Å². The molecule has 0 amide bonds. The highest BCUT2D eigenvalue weighted by Crippen LogP contribution is 2.39. The van der Waals surface area contributed by atoms with E-state index in [0.29, 0.717) is 12.8 Å². The van der Waals surface area contributed by atoms with Gasteiger partial charge in [-0.25, -0.2) is 4.79 Å². The van der Waals surface area contributed by atoms with Crippen molar-refractivity contribution in [1.82, 2.24) is 4.98 Å². The number of benzene rings is 2. The lowest BCUT2D eigenvalue weighted by atomic mass is 10.2. The molecule has 0 radical (unpaired) electrons.